The van der Waals surface area contributed by atoms with Crippen LogP contribution in [0.4, 0.5) is 0 Å². The quantitative estimate of drug-likeness (QED) is 0.796. The second-order valence-corrected chi connectivity index (χ2v) is 7.40. The second-order valence-electron chi connectivity index (χ2n) is 6.99. The number of halogens is 2. The fourth-order valence-electron chi connectivity index (χ4n) is 4.36. The first-order valence-corrected chi connectivity index (χ1v) is 9.48. The Morgan fingerprint density at radius 3 is 2.69 bits per heavy atom. The molecule has 0 saturated carbocycles. The number of nitrogens with one attached hydrogen (secondary N) is 1. The van der Waals surface area contributed by atoms with Crippen LogP contribution in [0, 0.1) is 0 Å². The smallest absolute Gasteiger partial charge is 0.253 e. The van der Waals surface area contributed by atoms with E-state index in [1.807, 2.05) is 12.1 Å². The summed E-state index contributed by atoms with van der Waals surface area (Å²) >= 11 is 6.13. The molecular formula is C21H24Cl2N2O. The molecule has 0 bridgehead atoms. The topological polar surface area (TPSA) is 32.3 Å². The van der Waals surface area contributed by atoms with E-state index in [1.54, 1.807) is 12.1 Å². The molecule has 1 N–H and O–H groups in total. The molecule has 0 aliphatic carbocycles. The molecule has 2 heterocycles. The summed E-state index contributed by atoms with van der Waals surface area (Å²) in [5.74, 6) is -0.120. The fourth-order valence-corrected chi connectivity index (χ4v) is 4.59. The van der Waals surface area contributed by atoms with Crippen LogP contribution in [0.1, 0.15) is 53.2 Å². The van der Waals surface area contributed by atoms with Gasteiger partial charge in [0.1, 0.15) is 0 Å². The van der Waals surface area contributed by atoms with Gasteiger partial charge in [-0.1, -0.05) is 48.0 Å². The molecule has 3 nitrogen and oxygen atoms in total. The summed E-state index contributed by atoms with van der Waals surface area (Å²) in [6.07, 6.45) is 5.17. The Labute approximate surface area is 166 Å². The van der Waals surface area contributed by atoms with Gasteiger partial charge in [0.25, 0.3) is 5.91 Å². The van der Waals surface area contributed by atoms with Crippen LogP contribution in [0.15, 0.2) is 48.5 Å². The van der Waals surface area contributed by atoms with Crippen LogP contribution in [0.25, 0.3) is 0 Å². The summed E-state index contributed by atoms with van der Waals surface area (Å²) in [4.78, 5) is 15.1. The Hall–Kier alpha value is -1.55. The maximum atomic E-state index is 12.4. The first kappa shape index (κ1) is 19.2. The normalized spacial score (nSPS) is 21.9. The lowest BCUT2D eigenvalue weighted by Crippen LogP contribution is -2.28. The number of fused-ring (bicyclic) bond motifs is 1. The van der Waals surface area contributed by atoms with Crippen LogP contribution in [-0.2, 0) is 6.54 Å². The SMILES string of the molecule is Cl.O=C(NCc1ccccc1C1CCC2CCCN21)c1ccccc1Cl. The van der Waals surface area contributed by atoms with Gasteiger partial charge in [-0.15, -0.1) is 12.4 Å². The molecule has 2 fully saturated rings. The Bertz CT molecular complexity index is 780. The van der Waals surface area contributed by atoms with Crippen molar-refractivity contribution in [1.29, 1.82) is 0 Å². The van der Waals surface area contributed by atoms with Crippen molar-refractivity contribution in [2.45, 2.75) is 44.3 Å². The van der Waals surface area contributed by atoms with E-state index in [9.17, 15) is 4.79 Å². The minimum absolute atomic E-state index is 0. The maximum Gasteiger partial charge on any atom is 0.253 e. The van der Waals surface area contributed by atoms with Gasteiger partial charge in [0, 0.05) is 18.6 Å². The van der Waals surface area contributed by atoms with E-state index in [1.165, 1.54) is 43.4 Å². The number of carbonyl (C=O) groups excluding carboxylic acids is 1. The number of carbonyl (C=O) groups is 1. The van der Waals surface area contributed by atoms with Gasteiger partial charge in [0.05, 0.1) is 10.6 Å². The molecule has 138 valence electrons. The largest absolute Gasteiger partial charge is 0.348 e. The van der Waals surface area contributed by atoms with Gasteiger partial charge < -0.3 is 5.32 Å². The third kappa shape index (κ3) is 3.75. The minimum Gasteiger partial charge on any atom is -0.348 e. The molecule has 2 aliphatic rings. The van der Waals surface area contributed by atoms with E-state index in [0.29, 0.717) is 23.2 Å². The van der Waals surface area contributed by atoms with E-state index in [2.05, 4.69) is 34.5 Å². The van der Waals surface area contributed by atoms with Gasteiger partial charge in [-0.05, 0) is 55.5 Å². The molecule has 2 saturated heterocycles. The van der Waals surface area contributed by atoms with Crippen molar-refractivity contribution in [2.24, 2.45) is 0 Å². The first-order valence-electron chi connectivity index (χ1n) is 9.10. The number of rotatable bonds is 4. The molecule has 2 aromatic rings. The molecular weight excluding hydrogens is 367 g/mol. The fraction of sp³-hybridized carbons (Fsp3) is 0.381. The summed E-state index contributed by atoms with van der Waals surface area (Å²) in [6.45, 7) is 1.74. The van der Waals surface area contributed by atoms with Gasteiger partial charge >= 0.3 is 0 Å². The van der Waals surface area contributed by atoms with E-state index >= 15 is 0 Å². The zero-order chi connectivity index (χ0) is 17.2. The zero-order valence-corrected chi connectivity index (χ0v) is 16.2. The number of amides is 1. The van der Waals surface area contributed by atoms with Crippen LogP contribution in [0.2, 0.25) is 5.02 Å². The van der Waals surface area contributed by atoms with Crippen molar-refractivity contribution in [1.82, 2.24) is 10.2 Å². The van der Waals surface area contributed by atoms with Crippen LogP contribution in [0.5, 0.6) is 0 Å². The molecule has 2 aliphatic heterocycles. The molecule has 4 rings (SSSR count). The molecule has 2 atom stereocenters. The average molecular weight is 391 g/mol. The highest BCUT2D eigenvalue weighted by Crippen LogP contribution is 2.42. The van der Waals surface area contributed by atoms with Crippen molar-refractivity contribution in [3.63, 3.8) is 0 Å². The molecule has 0 aromatic heterocycles. The van der Waals surface area contributed by atoms with E-state index < -0.39 is 0 Å². The summed E-state index contributed by atoms with van der Waals surface area (Å²) in [5, 5.41) is 3.53. The van der Waals surface area contributed by atoms with Crippen molar-refractivity contribution >= 4 is 29.9 Å². The standard InChI is InChI=1S/C21H23ClN2O.ClH/c22-19-10-4-3-9-18(19)21(25)23-14-15-6-1-2-8-17(15)20-12-11-16-7-5-13-24(16)20;/h1-4,6,8-10,16,20H,5,7,11-14H2,(H,23,25);1H. The van der Waals surface area contributed by atoms with E-state index in [4.69, 9.17) is 11.6 Å². The Kier molecular flexibility index (Phi) is 6.23. The van der Waals surface area contributed by atoms with Gasteiger partial charge in [0.15, 0.2) is 0 Å². The minimum atomic E-state index is -0.120. The zero-order valence-electron chi connectivity index (χ0n) is 14.7. The first-order chi connectivity index (χ1) is 12.2. The van der Waals surface area contributed by atoms with Crippen molar-refractivity contribution < 1.29 is 4.79 Å². The highest BCUT2D eigenvalue weighted by atomic mass is 35.5. The van der Waals surface area contributed by atoms with Gasteiger partial charge in [-0.25, -0.2) is 0 Å². The van der Waals surface area contributed by atoms with Crippen molar-refractivity contribution in [2.75, 3.05) is 6.54 Å². The summed E-state index contributed by atoms with van der Waals surface area (Å²) in [6, 6.07) is 17.0. The summed E-state index contributed by atoms with van der Waals surface area (Å²) in [7, 11) is 0. The molecule has 0 spiro atoms. The van der Waals surface area contributed by atoms with Crippen molar-refractivity contribution in [3.05, 3.63) is 70.2 Å². The molecule has 1 amide bonds. The van der Waals surface area contributed by atoms with E-state index in [-0.39, 0.29) is 18.3 Å². The van der Waals surface area contributed by atoms with Crippen LogP contribution in [-0.4, -0.2) is 23.4 Å². The van der Waals surface area contributed by atoms with Gasteiger partial charge in [-0.2, -0.15) is 0 Å². The molecule has 26 heavy (non-hydrogen) atoms. The van der Waals surface area contributed by atoms with Gasteiger partial charge in [-0.3, -0.25) is 9.69 Å². The molecule has 2 aromatic carbocycles. The number of nitrogens with zero attached hydrogens (tertiary/aromatic N) is 1. The molecule has 2 unspecified atom stereocenters. The monoisotopic (exact) mass is 390 g/mol. The Morgan fingerprint density at radius 1 is 1.08 bits per heavy atom. The lowest BCUT2D eigenvalue weighted by atomic mass is 9.97. The third-order valence-electron chi connectivity index (χ3n) is 5.57. The predicted octanol–water partition coefficient (Wildman–Crippen LogP) is 4.99. The van der Waals surface area contributed by atoms with Crippen LogP contribution >= 0.6 is 24.0 Å². The highest BCUT2D eigenvalue weighted by Gasteiger charge is 2.37. The number of benzene rings is 2. The highest BCUT2D eigenvalue weighted by molar-refractivity contribution is 6.33. The summed E-state index contributed by atoms with van der Waals surface area (Å²) in [5.41, 5.74) is 3.11. The second kappa shape index (κ2) is 8.43. The Balaban J connectivity index is 0.00000196. The van der Waals surface area contributed by atoms with Crippen LogP contribution < -0.4 is 5.32 Å². The molecule has 5 heteroatoms. The lowest BCUT2D eigenvalue weighted by molar-refractivity contribution is 0.0950. The molecule has 0 radical (unpaired) electrons. The predicted molar refractivity (Wildman–Crippen MR) is 108 cm³/mol. The summed E-state index contributed by atoms with van der Waals surface area (Å²) < 4.78 is 0. The lowest BCUT2D eigenvalue weighted by Gasteiger charge is -2.26. The number of hydrogen-bond donors (Lipinski definition) is 1. The maximum absolute atomic E-state index is 12.4. The van der Waals surface area contributed by atoms with Crippen LogP contribution in [0.3, 0.4) is 0 Å². The Morgan fingerprint density at radius 2 is 1.85 bits per heavy atom. The van der Waals surface area contributed by atoms with Gasteiger partial charge in [0.2, 0.25) is 0 Å². The van der Waals surface area contributed by atoms with E-state index in [0.717, 1.165) is 6.04 Å². The van der Waals surface area contributed by atoms with Crippen molar-refractivity contribution in [3.8, 4) is 0 Å². The number of hydrogen-bond acceptors (Lipinski definition) is 2. The average Bonchev–Trinajstić information content (AvgIpc) is 3.24. The third-order valence-corrected chi connectivity index (χ3v) is 5.90.